The van der Waals surface area contributed by atoms with Crippen LogP contribution < -0.4 is 5.32 Å². The van der Waals surface area contributed by atoms with E-state index < -0.39 is 0 Å². The number of fused-ring (bicyclic) bond motifs is 1. The lowest BCUT2D eigenvalue weighted by Crippen LogP contribution is -2.23. The molecule has 6 heteroatoms. The molecule has 3 aromatic heterocycles. The van der Waals surface area contributed by atoms with Gasteiger partial charge >= 0.3 is 0 Å². The van der Waals surface area contributed by atoms with Crippen molar-refractivity contribution < 1.29 is 4.79 Å². The van der Waals surface area contributed by atoms with Crippen LogP contribution in [0.15, 0.2) is 49.2 Å². The number of rotatable bonds is 3. The van der Waals surface area contributed by atoms with Crippen LogP contribution in [0.25, 0.3) is 5.52 Å². The second kappa shape index (κ2) is 5.30. The molecule has 0 aliphatic heterocycles. The molecule has 0 aliphatic rings. The first kappa shape index (κ1) is 12.6. The third-order valence-electron chi connectivity index (χ3n) is 2.94. The molecule has 20 heavy (non-hydrogen) atoms. The van der Waals surface area contributed by atoms with Crippen molar-refractivity contribution >= 4 is 23.0 Å². The van der Waals surface area contributed by atoms with Crippen molar-refractivity contribution in [2.75, 3.05) is 0 Å². The number of hydrogen-bond acceptors (Lipinski definition) is 3. The third kappa shape index (κ3) is 2.48. The summed E-state index contributed by atoms with van der Waals surface area (Å²) in [5, 5.41) is 3.29. The molecule has 0 aliphatic carbocycles. The molecule has 0 fully saturated rings. The number of carbonyl (C=O) groups excluding carboxylic acids is 1. The first-order valence-electron chi connectivity index (χ1n) is 6.03. The molecule has 1 amide bonds. The van der Waals surface area contributed by atoms with E-state index >= 15 is 0 Å². The van der Waals surface area contributed by atoms with Crippen LogP contribution in [0.2, 0.25) is 5.15 Å². The molecule has 3 rings (SSSR count). The predicted molar refractivity (Wildman–Crippen MR) is 75.6 cm³/mol. The summed E-state index contributed by atoms with van der Waals surface area (Å²) in [6.45, 7) is 0.401. The van der Waals surface area contributed by atoms with E-state index in [1.165, 1.54) is 0 Å². The van der Waals surface area contributed by atoms with Crippen molar-refractivity contribution in [3.63, 3.8) is 0 Å². The smallest absolute Gasteiger partial charge is 0.253 e. The molecule has 0 atom stereocenters. The highest BCUT2D eigenvalue weighted by atomic mass is 35.5. The van der Waals surface area contributed by atoms with E-state index in [-0.39, 0.29) is 5.91 Å². The van der Waals surface area contributed by atoms with Crippen molar-refractivity contribution in [2.24, 2.45) is 0 Å². The van der Waals surface area contributed by atoms with Crippen LogP contribution >= 0.6 is 11.6 Å². The van der Waals surface area contributed by atoms with Crippen LogP contribution in [-0.2, 0) is 6.54 Å². The molecule has 100 valence electrons. The van der Waals surface area contributed by atoms with E-state index in [0.717, 1.165) is 11.1 Å². The number of pyridine rings is 2. The summed E-state index contributed by atoms with van der Waals surface area (Å²) in [5.41, 5.74) is 2.26. The molecule has 0 saturated carbocycles. The Morgan fingerprint density at radius 1 is 1.30 bits per heavy atom. The van der Waals surface area contributed by atoms with E-state index in [1.54, 1.807) is 35.3 Å². The monoisotopic (exact) mass is 286 g/mol. The van der Waals surface area contributed by atoms with Gasteiger partial charge < -0.3 is 9.72 Å². The number of nitrogens with zero attached hydrogens (tertiary/aromatic N) is 3. The predicted octanol–water partition coefficient (Wildman–Crippen LogP) is 2.31. The molecule has 0 radical (unpaired) electrons. The van der Waals surface area contributed by atoms with Crippen molar-refractivity contribution in [3.8, 4) is 0 Å². The number of hydrogen-bond donors (Lipinski definition) is 1. The lowest BCUT2D eigenvalue weighted by Gasteiger charge is -2.06. The first-order valence-corrected chi connectivity index (χ1v) is 6.41. The molecular weight excluding hydrogens is 276 g/mol. The number of halogens is 1. The Balaban J connectivity index is 1.76. The third-order valence-corrected chi connectivity index (χ3v) is 3.16. The standard InChI is InChI=1S/C14H11ClN4O/c15-13-4-3-10(6-17-13)7-18-14(20)11-2-1-5-19-9-16-8-12(11)19/h1-6,8-9H,7H2,(H,18,20). The van der Waals surface area contributed by atoms with Gasteiger partial charge in [-0.2, -0.15) is 0 Å². The Kier molecular flexibility index (Phi) is 3.35. The average Bonchev–Trinajstić information content (AvgIpc) is 2.94. The normalized spacial score (nSPS) is 10.7. The fourth-order valence-electron chi connectivity index (χ4n) is 1.93. The molecule has 3 aromatic rings. The summed E-state index contributed by atoms with van der Waals surface area (Å²) in [7, 11) is 0. The Morgan fingerprint density at radius 3 is 3.00 bits per heavy atom. The Labute approximate surface area is 120 Å². The summed E-state index contributed by atoms with van der Waals surface area (Å²) in [6.07, 6.45) is 6.82. The molecule has 0 unspecified atom stereocenters. The summed E-state index contributed by atoms with van der Waals surface area (Å²) in [4.78, 5) is 20.2. The second-order valence-electron chi connectivity index (χ2n) is 4.28. The highest BCUT2D eigenvalue weighted by Crippen LogP contribution is 2.10. The minimum Gasteiger partial charge on any atom is -0.348 e. The van der Waals surface area contributed by atoms with Gasteiger partial charge in [0.25, 0.3) is 5.91 Å². The maximum atomic E-state index is 12.2. The van der Waals surface area contributed by atoms with Gasteiger partial charge in [0.1, 0.15) is 5.15 Å². The van der Waals surface area contributed by atoms with Crippen LogP contribution in [0, 0.1) is 0 Å². The van der Waals surface area contributed by atoms with Crippen molar-refractivity contribution in [1.82, 2.24) is 19.7 Å². The largest absolute Gasteiger partial charge is 0.348 e. The second-order valence-corrected chi connectivity index (χ2v) is 4.67. The lowest BCUT2D eigenvalue weighted by atomic mass is 10.2. The minimum atomic E-state index is -0.147. The minimum absolute atomic E-state index is 0.147. The fraction of sp³-hybridized carbons (Fsp3) is 0.0714. The lowest BCUT2D eigenvalue weighted by molar-refractivity contribution is 0.0952. The molecule has 5 nitrogen and oxygen atoms in total. The van der Waals surface area contributed by atoms with Gasteiger partial charge in [-0.1, -0.05) is 17.7 Å². The SMILES string of the molecule is O=C(NCc1ccc(Cl)nc1)c1cccn2cncc12. The Bertz CT molecular complexity index is 751. The van der Waals surface area contributed by atoms with Crippen molar-refractivity contribution in [1.29, 1.82) is 0 Å². The molecule has 3 heterocycles. The van der Waals surface area contributed by atoms with Gasteiger partial charge in [0, 0.05) is 18.9 Å². The zero-order valence-corrected chi connectivity index (χ0v) is 11.2. The quantitative estimate of drug-likeness (QED) is 0.752. The van der Waals surface area contributed by atoms with Crippen LogP contribution in [0.3, 0.4) is 0 Å². The molecule has 0 bridgehead atoms. The summed E-state index contributed by atoms with van der Waals surface area (Å²) in [6, 6.07) is 7.11. The van der Waals surface area contributed by atoms with Gasteiger partial charge in [-0.3, -0.25) is 4.79 Å². The van der Waals surface area contributed by atoms with E-state index in [1.807, 2.05) is 18.3 Å². The van der Waals surface area contributed by atoms with E-state index in [4.69, 9.17) is 11.6 Å². The van der Waals surface area contributed by atoms with Gasteiger partial charge in [-0.15, -0.1) is 0 Å². The van der Waals surface area contributed by atoms with E-state index in [2.05, 4.69) is 15.3 Å². The van der Waals surface area contributed by atoms with Crippen LogP contribution in [0.5, 0.6) is 0 Å². The van der Waals surface area contributed by atoms with Gasteiger partial charge in [0.2, 0.25) is 0 Å². The maximum absolute atomic E-state index is 12.2. The van der Waals surface area contributed by atoms with Gasteiger partial charge in [-0.05, 0) is 23.8 Å². The average molecular weight is 287 g/mol. The number of nitrogens with one attached hydrogen (secondary N) is 1. The number of carbonyl (C=O) groups is 1. The molecule has 0 saturated heterocycles. The van der Waals surface area contributed by atoms with Crippen LogP contribution in [-0.4, -0.2) is 20.3 Å². The Hall–Kier alpha value is -2.40. The zero-order chi connectivity index (χ0) is 13.9. The van der Waals surface area contributed by atoms with Gasteiger partial charge in [0.05, 0.1) is 23.6 Å². The van der Waals surface area contributed by atoms with Crippen molar-refractivity contribution in [3.05, 3.63) is 65.5 Å². The number of amides is 1. The molecule has 0 aromatic carbocycles. The topological polar surface area (TPSA) is 59.3 Å². The Morgan fingerprint density at radius 2 is 2.20 bits per heavy atom. The fourth-order valence-corrected chi connectivity index (χ4v) is 2.04. The highest BCUT2D eigenvalue weighted by Gasteiger charge is 2.10. The van der Waals surface area contributed by atoms with Crippen molar-refractivity contribution in [2.45, 2.75) is 6.54 Å². The van der Waals surface area contributed by atoms with Gasteiger partial charge in [0.15, 0.2) is 0 Å². The molecule has 1 N–H and O–H groups in total. The van der Waals surface area contributed by atoms with Crippen LogP contribution in [0.1, 0.15) is 15.9 Å². The van der Waals surface area contributed by atoms with Crippen LogP contribution in [0.4, 0.5) is 0 Å². The van der Waals surface area contributed by atoms with E-state index in [0.29, 0.717) is 17.3 Å². The van der Waals surface area contributed by atoms with Gasteiger partial charge in [-0.25, -0.2) is 9.97 Å². The molecule has 0 spiro atoms. The summed E-state index contributed by atoms with van der Waals surface area (Å²) >= 11 is 5.71. The summed E-state index contributed by atoms with van der Waals surface area (Å²) < 4.78 is 1.80. The van der Waals surface area contributed by atoms with E-state index in [9.17, 15) is 4.79 Å². The molecular formula is C14H11ClN4O. The number of imidazole rings is 1. The highest BCUT2D eigenvalue weighted by molar-refractivity contribution is 6.29. The number of aromatic nitrogens is 3. The summed E-state index contributed by atoms with van der Waals surface area (Å²) in [5.74, 6) is -0.147. The first-order chi connectivity index (χ1) is 9.74. The zero-order valence-electron chi connectivity index (χ0n) is 10.5. The maximum Gasteiger partial charge on any atom is 0.253 e.